The number of benzene rings is 1. The molecular weight excluding hydrogens is 200 g/mol. The first-order valence-corrected chi connectivity index (χ1v) is 6.18. The van der Waals surface area contributed by atoms with Gasteiger partial charge in [0.2, 0.25) is 0 Å². The molecule has 1 aliphatic heterocycles. The van der Waals surface area contributed by atoms with Gasteiger partial charge in [0.15, 0.2) is 6.29 Å². The first-order chi connectivity index (χ1) is 7.85. The van der Waals surface area contributed by atoms with Crippen molar-refractivity contribution in [2.45, 2.75) is 38.9 Å². The molecule has 2 heteroatoms. The van der Waals surface area contributed by atoms with Crippen molar-refractivity contribution in [3.8, 4) is 0 Å². The molecule has 88 valence electrons. The van der Waals surface area contributed by atoms with Gasteiger partial charge in [-0.25, -0.2) is 0 Å². The highest BCUT2D eigenvalue weighted by Gasteiger charge is 2.18. The SMILES string of the molecule is CCC(CC)c1ccc(C2OCCO2)cc1. The van der Waals surface area contributed by atoms with Crippen LogP contribution < -0.4 is 0 Å². The van der Waals surface area contributed by atoms with Crippen molar-refractivity contribution >= 4 is 0 Å². The van der Waals surface area contributed by atoms with Crippen LogP contribution in [0.1, 0.15) is 50.0 Å². The minimum Gasteiger partial charge on any atom is -0.346 e. The fourth-order valence-corrected chi connectivity index (χ4v) is 2.24. The van der Waals surface area contributed by atoms with E-state index >= 15 is 0 Å². The quantitative estimate of drug-likeness (QED) is 0.771. The Labute approximate surface area is 97.6 Å². The van der Waals surface area contributed by atoms with Crippen molar-refractivity contribution in [1.29, 1.82) is 0 Å². The Morgan fingerprint density at radius 3 is 2.12 bits per heavy atom. The smallest absolute Gasteiger partial charge is 0.184 e. The van der Waals surface area contributed by atoms with E-state index in [0.29, 0.717) is 19.1 Å². The average molecular weight is 220 g/mol. The lowest BCUT2D eigenvalue weighted by Crippen LogP contribution is -2.00. The number of hydrogen-bond acceptors (Lipinski definition) is 2. The summed E-state index contributed by atoms with van der Waals surface area (Å²) >= 11 is 0. The molecule has 1 heterocycles. The van der Waals surface area contributed by atoms with Gasteiger partial charge in [0.25, 0.3) is 0 Å². The van der Waals surface area contributed by atoms with E-state index in [9.17, 15) is 0 Å². The van der Waals surface area contributed by atoms with Crippen LogP contribution in [0.15, 0.2) is 24.3 Å². The second-order valence-corrected chi connectivity index (χ2v) is 4.25. The molecule has 0 saturated carbocycles. The van der Waals surface area contributed by atoms with Crippen LogP contribution >= 0.6 is 0 Å². The molecule has 1 aromatic rings. The minimum atomic E-state index is -0.143. The van der Waals surface area contributed by atoms with Crippen LogP contribution in [-0.4, -0.2) is 13.2 Å². The van der Waals surface area contributed by atoms with Gasteiger partial charge in [-0.2, -0.15) is 0 Å². The highest BCUT2D eigenvalue weighted by molar-refractivity contribution is 5.26. The van der Waals surface area contributed by atoms with Crippen molar-refractivity contribution in [1.82, 2.24) is 0 Å². The lowest BCUT2D eigenvalue weighted by atomic mass is 9.93. The lowest BCUT2D eigenvalue weighted by molar-refractivity contribution is -0.0441. The first-order valence-electron chi connectivity index (χ1n) is 6.18. The Bertz CT molecular complexity index is 287. The van der Waals surface area contributed by atoms with Crippen LogP contribution in [0.2, 0.25) is 0 Å². The summed E-state index contributed by atoms with van der Waals surface area (Å²) in [6.07, 6.45) is 2.26. The van der Waals surface area contributed by atoms with E-state index in [-0.39, 0.29) is 6.29 Å². The van der Waals surface area contributed by atoms with Gasteiger partial charge in [0.05, 0.1) is 13.2 Å². The fraction of sp³-hybridized carbons (Fsp3) is 0.571. The monoisotopic (exact) mass is 220 g/mol. The zero-order valence-corrected chi connectivity index (χ0v) is 10.1. The van der Waals surface area contributed by atoms with Crippen LogP contribution in [0.3, 0.4) is 0 Å². The predicted molar refractivity (Wildman–Crippen MR) is 64.4 cm³/mol. The summed E-state index contributed by atoms with van der Waals surface area (Å²) in [5, 5.41) is 0. The van der Waals surface area contributed by atoms with Crippen LogP contribution in [0.25, 0.3) is 0 Å². The molecule has 2 nitrogen and oxygen atoms in total. The Morgan fingerprint density at radius 2 is 1.62 bits per heavy atom. The zero-order chi connectivity index (χ0) is 11.4. The van der Waals surface area contributed by atoms with Crippen molar-refractivity contribution in [2.75, 3.05) is 13.2 Å². The van der Waals surface area contributed by atoms with E-state index in [1.807, 2.05) is 0 Å². The molecule has 0 unspecified atom stereocenters. The molecule has 0 aromatic heterocycles. The number of ether oxygens (including phenoxy) is 2. The summed E-state index contributed by atoms with van der Waals surface area (Å²) in [6, 6.07) is 8.67. The third kappa shape index (κ3) is 2.45. The Kier molecular flexibility index (Phi) is 3.97. The van der Waals surface area contributed by atoms with E-state index in [2.05, 4.69) is 38.1 Å². The van der Waals surface area contributed by atoms with Gasteiger partial charge in [0, 0.05) is 5.56 Å². The molecule has 0 amide bonds. The van der Waals surface area contributed by atoms with Gasteiger partial charge in [-0.3, -0.25) is 0 Å². The average Bonchev–Trinajstić information content (AvgIpc) is 2.85. The fourth-order valence-electron chi connectivity index (χ4n) is 2.24. The van der Waals surface area contributed by atoms with Crippen LogP contribution in [0.5, 0.6) is 0 Å². The van der Waals surface area contributed by atoms with E-state index in [0.717, 1.165) is 5.56 Å². The molecule has 1 aliphatic rings. The molecule has 0 radical (unpaired) electrons. The molecule has 2 rings (SSSR count). The third-order valence-corrected chi connectivity index (χ3v) is 3.29. The van der Waals surface area contributed by atoms with Crippen LogP contribution in [0, 0.1) is 0 Å². The first kappa shape index (κ1) is 11.6. The molecule has 0 aliphatic carbocycles. The van der Waals surface area contributed by atoms with Crippen LogP contribution in [-0.2, 0) is 9.47 Å². The molecule has 0 atom stereocenters. The van der Waals surface area contributed by atoms with Crippen LogP contribution in [0.4, 0.5) is 0 Å². The molecule has 1 fully saturated rings. The highest BCUT2D eigenvalue weighted by Crippen LogP contribution is 2.27. The maximum atomic E-state index is 5.47. The molecule has 0 N–H and O–H groups in total. The maximum absolute atomic E-state index is 5.47. The van der Waals surface area contributed by atoms with E-state index in [4.69, 9.17) is 9.47 Å². The van der Waals surface area contributed by atoms with Gasteiger partial charge in [-0.05, 0) is 24.3 Å². The van der Waals surface area contributed by atoms with Gasteiger partial charge >= 0.3 is 0 Å². The second kappa shape index (κ2) is 5.46. The second-order valence-electron chi connectivity index (χ2n) is 4.25. The van der Waals surface area contributed by atoms with E-state index in [1.165, 1.54) is 18.4 Å². The molecule has 0 spiro atoms. The van der Waals surface area contributed by atoms with Gasteiger partial charge in [0.1, 0.15) is 0 Å². The molecular formula is C14H20O2. The van der Waals surface area contributed by atoms with Crippen molar-refractivity contribution < 1.29 is 9.47 Å². The summed E-state index contributed by atoms with van der Waals surface area (Å²) in [6.45, 7) is 5.90. The Morgan fingerprint density at radius 1 is 1.06 bits per heavy atom. The molecule has 16 heavy (non-hydrogen) atoms. The predicted octanol–water partition coefficient (Wildman–Crippen LogP) is 3.64. The minimum absolute atomic E-state index is 0.143. The molecule has 1 aromatic carbocycles. The number of hydrogen-bond donors (Lipinski definition) is 0. The summed E-state index contributed by atoms with van der Waals surface area (Å²) in [5.74, 6) is 0.680. The Balaban J connectivity index is 2.09. The summed E-state index contributed by atoms with van der Waals surface area (Å²) < 4.78 is 10.9. The van der Waals surface area contributed by atoms with Crippen molar-refractivity contribution in [2.24, 2.45) is 0 Å². The number of rotatable bonds is 4. The van der Waals surface area contributed by atoms with Gasteiger partial charge in [-0.1, -0.05) is 38.1 Å². The third-order valence-electron chi connectivity index (χ3n) is 3.29. The normalized spacial score (nSPS) is 17.2. The molecule has 1 saturated heterocycles. The highest BCUT2D eigenvalue weighted by atomic mass is 16.7. The van der Waals surface area contributed by atoms with Crippen molar-refractivity contribution in [3.05, 3.63) is 35.4 Å². The van der Waals surface area contributed by atoms with E-state index in [1.54, 1.807) is 0 Å². The summed E-state index contributed by atoms with van der Waals surface area (Å²) in [5.41, 5.74) is 2.55. The molecule has 0 bridgehead atoms. The standard InChI is InChI=1S/C14H20O2/c1-3-11(4-2)12-5-7-13(8-6-12)14-15-9-10-16-14/h5-8,11,14H,3-4,9-10H2,1-2H3. The largest absolute Gasteiger partial charge is 0.346 e. The Hall–Kier alpha value is -0.860. The summed E-state index contributed by atoms with van der Waals surface area (Å²) in [7, 11) is 0. The van der Waals surface area contributed by atoms with Crippen molar-refractivity contribution in [3.63, 3.8) is 0 Å². The topological polar surface area (TPSA) is 18.5 Å². The van der Waals surface area contributed by atoms with E-state index < -0.39 is 0 Å². The van der Waals surface area contributed by atoms with Gasteiger partial charge in [-0.15, -0.1) is 0 Å². The van der Waals surface area contributed by atoms with Gasteiger partial charge < -0.3 is 9.47 Å². The maximum Gasteiger partial charge on any atom is 0.184 e. The zero-order valence-electron chi connectivity index (χ0n) is 10.1. The summed E-state index contributed by atoms with van der Waals surface area (Å²) in [4.78, 5) is 0. The lowest BCUT2D eigenvalue weighted by Gasteiger charge is -2.14.